The van der Waals surface area contributed by atoms with Crippen molar-refractivity contribution in [1.82, 2.24) is 9.13 Å². The second kappa shape index (κ2) is 5.28. The highest BCUT2D eigenvalue weighted by molar-refractivity contribution is 6.76. The Morgan fingerprint density at radius 1 is 0.929 bits per heavy atom. The zero-order valence-corrected chi connectivity index (χ0v) is 12.3. The molecule has 0 N–H and O–H groups in total. The van der Waals surface area contributed by atoms with Gasteiger partial charge in [0.15, 0.2) is 0 Å². The van der Waals surface area contributed by atoms with Crippen LogP contribution in [0.2, 0.25) is 11.1 Å². The van der Waals surface area contributed by atoms with Crippen LogP contribution in [0.5, 0.6) is 0 Å². The van der Waals surface area contributed by atoms with Crippen LogP contribution in [0.25, 0.3) is 0 Å². The second-order valence-electron chi connectivity index (χ2n) is 5.04. The van der Waals surface area contributed by atoms with Gasteiger partial charge in [0.05, 0.1) is 0 Å². The third kappa shape index (κ3) is 2.20. The predicted molar refractivity (Wildman–Crippen MR) is 67.9 cm³/mol. The third-order valence-electron chi connectivity index (χ3n) is 3.62. The van der Waals surface area contributed by atoms with Crippen LogP contribution in [0.3, 0.4) is 0 Å². The molecule has 0 amide bonds. The molecule has 1 atom stereocenters. The molecule has 2 nitrogen and oxygen atoms in total. The molecule has 0 aliphatic rings. The summed E-state index contributed by atoms with van der Waals surface area (Å²) in [5.41, 5.74) is 1.58. The van der Waals surface area contributed by atoms with Gasteiger partial charge in [-0.15, -0.1) is 0 Å². The molecule has 0 aromatic heterocycles. The van der Waals surface area contributed by atoms with Crippen molar-refractivity contribution in [3.05, 3.63) is 0 Å². The fraction of sp³-hybridized carbons (Fsp3) is 1.00. The van der Waals surface area contributed by atoms with E-state index in [-0.39, 0.29) is 0 Å². The summed E-state index contributed by atoms with van der Waals surface area (Å²) in [5.74, 6) is 0. The van der Waals surface area contributed by atoms with Gasteiger partial charge in [-0.1, -0.05) is 34.1 Å². The van der Waals surface area contributed by atoms with E-state index in [1.54, 1.807) is 0 Å². The van der Waals surface area contributed by atoms with Crippen molar-refractivity contribution in [2.24, 2.45) is 0 Å². The van der Waals surface area contributed by atoms with E-state index in [2.05, 4.69) is 65.0 Å². The summed E-state index contributed by atoms with van der Waals surface area (Å²) in [5, 5.41) is 0. The molecule has 0 heterocycles. The van der Waals surface area contributed by atoms with E-state index in [0.29, 0.717) is 0 Å². The fourth-order valence-corrected chi connectivity index (χ4v) is 9.55. The van der Waals surface area contributed by atoms with Gasteiger partial charge < -0.3 is 9.13 Å². The normalized spacial score (nSPS) is 15.6. The summed E-state index contributed by atoms with van der Waals surface area (Å²) in [6.45, 7) is 9.46. The maximum Gasteiger partial charge on any atom is 0.211 e. The lowest BCUT2D eigenvalue weighted by molar-refractivity contribution is 0.434. The molecule has 0 saturated heterocycles. The molecular weight excluding hydrogens is 188 g/mol. The van der Waals surface area contributed by atoms with Gasteiger partial charge in [0.25, 0.3) is 0 Å². The van der Waals surface area contributed by atoms with Crippen LogP contribution in [0.15, 0.2) is 0 Å². The first kappa shape index (κ1) is 14.1. The van der Waals surface area contributed by atoms with Crippen LogP contribution in [0.1, 0.15) is 34.1 Å². The van der Waals surface area contributed by atoms with Crippen molar-refractivity contribution in [2.75, 3.05) is 28.2 Å². The van der Waals surface area contributed by atoms with Gasteiger partial charge in [0.2, 0.25) is 8.40 Å². The molecule has 0 fully saturated rings. The molecule has 0 aromatic carbocycles. The van der Waals surface area contributed by atoms with Crippen molar-refractivity contribution in [2.45, 2.75) is 45.2 Å². The highest BCUT2D eigenvalue weighted by Crippen LogP contribution is 2.37. The Balaban J connectivity index is 5.16. The Bertz CT molecular complexity index is 145. The summed E-state index contributed by atoms with van der Waals surface area (Å²) in [6.07, 6.45) is 1.28. The number of rotatable bonds is 5. The molecule has 0 spiro atoms. The van der Waals surface area contributed by atoms with Crippen molar-refractivity contribution in [3.8, 4) is 0 Å². The first-order chi connectivity index (χ1) is 6.31. The van der Waals surface area contributed by atoms with E-state index in [1.807, 2.05) is 0 Å². The molecule has 1 unspecified atom stereocenters. The summed E-state index contributed by atoms with van der Waals surface area (Å²) >= 11 is 0. The lowest BCUT2D eigenvalue weighted by Gasteiger charge is -2.49. The number of hydrogen-bond acceptors (Lipinski definition) is 2. The Hall–Kier alpha value is 0.137. The van der Waals surface area contributed by atoms with E-state index < -0.39 is 8.40 Å². The molecule has 0 saturated carbocycles. The highest BCUT2D eigenvalue weighted by Gasteiger charge is 2.46. The minimum atomic E-state index is -1.46. The molecule has 0 rings (SSSR count). The molecule has 0 aliphatic heterocycles. The number of hydrogen-bond donors (Lipinski definition) is 0. The summed E-state index contributed by atoms with van der Waals surface area (Å²) in [7, 11) is 7.53. The van der Waals surface area contributed by atoms with E-state index in [0.717, 1.165) is 11.1 Å². The average molecular weight is 216 g/mol. The van der Waals surface area contributed by atoms with Gasteiger partial charge in [-0.3, -0.25) is 0 Å². The predicted octanol–water partition coefficient (Wildman–Crippen LogP) is 2.76. The Labute approximate surface area is 91.4 Å². The van der Waals surface area contributed by atoms with Crippen molar-refractivity contribution < 1.29 is 0 Å². The summed E-state index contributed by atoms with van der Waals surface area (Å²) in [4.78, 5) is 0. The van der Waals surface area contributed by atoms with Gasteiger partial charge in [0, 0.05) is 0 Å². The molecule has 3 heteroatoms. The monoisotopic (exact) mass is 216 g/mol. The lowest BCUT2D eigenvalue weighted by atomic mass is 10.4. The van der Waals surface area contributed by atoms with Crippen LogP contribution in [-0.2, 0) is 0 Å². The first-order valence-electron chi connectivity index (χ1n) is 5.66. The van der Waals surface area contributed by atoms with Crippen molar-refractivity contribution >= 4 is 8.40 Å². The number of nitrogens with zero attached hydrogens (tertiary/aromatic N) is 2. The quantitative estimate of drug-likeness (QED) is 0.652. The van der Waals surface area contributed by atoms with E-state index in [1.165, 1.54) is 6.42 Å². The standard InChI is InChI=1S/C11H28N2Si/c1-9-11(4)14(10(2)3,12(5)6)13(7)8/h10-11H,9H2,1-8H3. The molecule has 0 aromatic rings. The zero-order valence-electron chi connectivity index (χ0n) is 11.3. The van der Waals surface area contributed by atoms with Gasteiger partial charge in [0.1, 0.15) is 0 Å². The highest BCUT2D eigenvalue weighted by atomic mass is 28.4. The Kier molecular flexibility index (Phi) is 5.34. The fourth-order valence-electron chi connectivity index (χ4n) is 3.18. The van der Waals surface area contributed by atoms with Crippen LogP contribution in [0, 0.1) is 0 Å². The minimum Gasteiger partial charge on any atom is -0.317 e. The van der Waals surface area contributed by atoms with Gasteiger partial charge in [-0.25, -0.2) is 0 Å². The zero-order chi connectivity index (χ0) is 11.5. The van der Waals surface area contributed by atoms with Crippen LogP contribution >= 0.6 is 0 Å². The SMILES string of the molecule is CCC(C)[Si](C(C)C)(N(C)C)N(C)C. The van der Waals surface area contributed by atoms with Crippen LogP contribution < -0.4 is 0 Å². The van der Waals surface area contributed by atoms with Crippen molar-refractivity contribution in [3.63, 3.8) is 0 Å². The molecular formula is C11H28N2Si. The largest absolute Gasteiger partial charge is 0.317 e. The van der Waals surface area contributed by atoms with Gasteiger partial charge in [-0.2, -0.15) is 0 Å². The smallest absolute Gasteiger partial charge is 0.211 e. The maximum atomic E-state index is 2.51. The second-order valence-corrected chi connectivity index (χ2v) is 10.5. The van der Waals surface area contributed by atoms with E-state index in [4.69, 9.17) is 0 Å². The molecule has 0 bridgehead atoms. The van der Waals surface area contributed by atoms with Crippen LogP contribution in [0.4, 0.5) is 0 Å². The molecule has 0 aliphatic carbocycles. The van der Waals surface area contributed by atoms with E-state index in [9.17, 15) is 0 Å². The topological polar surface area (TPSA) is 6.48 Å². The third-order valence-corrected chi connectivity index (χ3v) is 10.0. The molecule has 0 radical (unpaired) electrons. The first-order valence-corrected chi connectivity index (χ1v) is 7.71. The summed E-state index contributed by atoms with van der Waals surface area (Å²) < 4.78 is 5.01. The van der Waals surface area contributed by atoms with Crippen molar-refractivity contribution in [1.29, 1.82) is 0 Å². The maximum absolute atomic E-state index is 2.51. The average Bonchev–Trinajstić information content (AvgIpc) is 2.02. The van der Waals surface area contributed by atoms with Gasteiger partial charge >= 0.3 is 0 Å². The lowest BCUT2D eigenvalue weighted by Crippen LogP contribution is -2.65. The van der Waals surface area contributed by atoms with Gasteiger partial charge in [-0.05, 0) is 39.3 Å². The Morgan fingerprint density at radius 2 is 1.29 bits per heavy atom. The molecule has 14 heavy (non-hydrogen) atoms. The molecule has 86 valence electrons. The van der Waals surface area contributed by atoms with Crippen LogP contribution in [-0.4, -0.2) is 45.7 Å². The van der Waals surface area contributed by atoms with E-state index >= 15 is 0 Å². The minimum absolute atomic E-state index is 0.766. The summed E-state index contributed by atoms with van der Waals surface area (Å²) in [6, 6.07) is 0. The Morgan fingerprint density at radius 3 is 1.36 bits per heavy atom.